The summed E-state index contributed by atoms with van der Waals surface area (Å²) in [4.78, 5) is 0. The topological polar surface area (TPSA) is 46.2 Å². The van der Waals surface area contributed by atoms with E-state index < -0.39 is 10.0 Å². The standard InChI is InChI=1S/C10H14ClNO2S2/c1-15-10(7-12-16(2,13)14)8-4-3-5-9(11)6-8/h3-6,10,12H,7H2,1-2H3/t10-/m0/s1. The minimum absolute atomic E-state index is 0.0772. The average Bonchev–Trinajstić information content (AvgIpc) is 2.17. The van der Waals surface area contributed by atoms with Gasteiger partial charge in [-0.25, -0.2) is 13.1 Å². The Kier molecular flexibility index (Phi) is 5.11. The number of hydrogen-bond acceptors (Lipinski definition) is 3. The summed E-state index contributed by atoms with van der Waals surface area (Å²) >= 11 is 7.47. The Labute approximate surface area is 106 Å². The predicted molar refractivity (Wildman–Crippen MR) is 70.6 cm³/mol. The van der Waals surface area contributed by atoms with Crippen molar-refractivity contribution < 1.29 is 8.42 Å². The van der Waals surface area contributed by atoms with Crippen LogP contribution in [0.1, 0.15) is 10.8 Å². The minimum Gasteiger partial charge on any atom is -0.214 e. The van der Waals surface area contributed by atoms with Gasteiger partial charge in [-0.15, -0.1) is 0 Å². The van der Waals surface area contributed by atoms with Crippen LogP contribution >= 0.6 is 23.4 Å². The zero-order valence-electron chi connectivity index (χ0n) is 9.10. The maximum Gasteiger partial charge on any atom is 0.208 e. The molecule has 0 aromatic heterocycles. The summed E-state index contributed by atoms with van der Waals surface area (Å²) in [5.41, 5.74) is 1.02. The van der Waals surface area contributed by atoms with E-state index in [2.05, 4.69) is 4.72 Å². The van der Waals surface area contributed by atoms with E-state index in [0.29, 0.717) is 11.6 Å². The van der Waals surface area contributed by atoms with E-state index in [1.54, 1.807) is 17.8 Å². The van der Waals surface area contributed by atoms with E-state index in [4.69, 9.17) is 11.6 Å². The first kappa shape index (κ1) is 13.8. The quantitative estimate of drug-likeness (QED) is 0.900. The SMILES string of the molecule is CS[C@@H](CNS(C)(=O)=O)c1cccc(Cl)c1. The maximum atomic E-state index is 11.0. The number of halogens is 1. The van der Waals surface area contributed by atoms with Crippen LogP contribution in [0, 0.1) is 0 Å². The van der Waals surface area contributed by atoms with Crippen molar-refractivity contribution >= 4 is 33.4 Å². The van der Waals surface area contributed by atoms with Crippen molar-refractivity contribution in [3.8, 4) is 0 Å². The third-order valence-electron chi connectivity index (χ3n) is 2.04. The molecule has 0 spiro atoms. The summed E-state index contributed by atoms with van der Waals surface area (Å²) < 4.78 is 24.5. The van der Waals surface area contributed by atoms with Crippen molar-refractivity contribution in [2.24, 2.45) is 0 Å². The first-order valence-corrected chi connectivity index (χ1v) is 8.21. The van der Waals surface area contributed by atoms with Gasteiger partial charge in [-0.3, -0.25) is 0 Å². The zero-order chi connectivity index (χ0) is 12.2. The van der Waals surface area contributed by atoms with E-state index in [0.717, 1.165) is 11.8 Å². The van der Waals surface area contributed by atoms with E-state index in [-0.39, 0.29) is 5.25 Å². The highest BCUT2D eigenvalue weighted by Gasteiger charge is 2.12. The van der Waals surface area contributed by atoms with Crippen LogP contribution in [0.4, 0.5) is 0 Å². The largest absolute Gasteiger partial charge is 0.214 e. The molecule has 0 heterocycles. The van der Waals surface area contributed by atoms with Gasteiger partial charge in [0.1, 0.15) is 0 Å². The fourth-order valence-corrected chi connectivity index (χ4v) is 2.71. The lowest BCUT2D eigenvalue weighted by Crippen LogP contribution is -2.26. The first-order chi connectivity index (χ1) is 7.42. The maximum absolute atomic E-state index is 11.0. The molecule has 0 aliphatic heterocycles. The van der Waals surface area contributed by atoms with Crippen molar-refractivity contribution in [1.82, 2.24) is 4.72 Å². The van der Waals surface area contributed by atoms with Gasteiger partial charge in [0, 0.05) is 16.8 Å². The van der Waals surface area contributed by atoms with Crippen LogP contribution < -0.4 is 4.72 Å². The molecule has 1 aromatic carbocycles. The van der Waals surface area contributed by atoms with Crippen LogP contribution in [0.3, 0.4) is 0 Å². The van der Waals surface area contributed by atoms with Crippen LogP contribution in [0.2, 0.25) is 5.02 Å². The van der Waals surface area contributed by atoms with E-state index in [1.807, 2.05) is 24.5 Å². The van der Waals surface area contributed by atoms with Crippen LogP contribution in [0.25, 0.3) is 0 Å². The fraction of sp³-hybridized carbons (Fsp3) is 0.400. The van der Waals surface area contributed by atoms with Gasteiger partial charge in [-0.1, -0.05) is 23.7 Å². The number of rotatable bonds is 5. The minimum atomic E-state index is -3.14. The molecule has 1 aromatic rings. The van der Waals surface area contributed by atoms with Crippen LogP contribution in [0.5, 0.6) is 0 Å². The molecule has 0 fully saturated rings. The summed E-state index contributed by atoms with van der Waals surface area (Å²) in [6.07, 6.45) is 3.10. The smallest absolute Gasteiger partial charge is 0.208 e. The van der Waals surface area contributed by atoms with Crippen molar-refractivity contribution in [2.75, 3.05) is 19.1 Å². The first-order valence-electron chi connectivity index (χ1n) is 4.65. The van der Waals surface area contributed by atoms with Gasteiger partial charge in [0.15, 0.2) is 0 Å². The third kappa shape index (κ3) is 4.74. The molecule has 1 atom stereocenters. The summed E-state index contributed by atoms with van der Waals surface area (Å²) in [6.45, 7) is 0.375. The monoisotopic (exact) mass is 279 g/mol. The number of thioether (sulfide) groups is 1. The molecule has 0 saturated heterocycles. The molecule has 0 bridgehead atoms. The predicted octanol–water partition coefficient (Wildman–Crippen LogP) is 2.29. The van der Waals surface area contributed by atoms with Crippen molar-refractivity contribution in [3.05, 3.63) is 34.9 Å². The Bertz CT molecular complexity index is 448. The Balaban J connectivity index is 2.75. The summed E-state index contributed by atoms with van der Waals surface area (Å²) in [5, 5.41) is 0.740. The number of nitrogens with one attached hydrogen (secondary N) is 1. The van der Waals surface area contributed by atoms with Crippen LogP contribution in [-0.4, -0.2) is 27.5 Å². The molecular formula is C10H14ClNO2S2. The Morgan fingerprint density at radius 1 is 1.50 bits per heavy atom. The highest BCUT2D eigenvalue weighted by Crippen LogP contribution is 2.27. The Hall–Kier alpha value is -0.230. The Morgan fingerprint density at radius 2 is 2.19 bits per heavy atom. The molecule has 0 amide bonds. The Morgan fingerprint density at radius 3 is 2.69 bits per heavy atom. The fourth-order valence-electron chi connectivity index (χ4n) is 1.27. The normalized spacial score (nSPS) is 13.7. The molecule has 3 nitrogen and oxygen atoms in total. The molecule has 16 heavy (non-hydrogen) atoms. The number of hydrogen-bond donors (Lipinski definition) is 1. The lowest BCUT2D eigenvalue weighted by Gasteiger charge is -2.15. The molecular weight excluding hydrogens is 266 g/mol. The summed E-state index contributed by atoms with van der Waals surface area (Å²) in [5.74, 6) is 0. The van der Waals surface area contributed by atoms with E-state index in [9.17, 15) is 8.42 Å². The van der Waals surface area contributed by atoms with Gasteiger partial charge in [-0.05, 0) is 24.0 Å². The van der Waals surface area contributed by atoms with Gasteiger partial charge in [0.2, 0.25) is 10.0 Å². The molecule has 0 unspecified atom stereocenters. The molecule has 6 heteroatoms. The third-order valence-corrected chi connectivity index (χ3v) is 3.97. The van der Waals surface area contributed by atoms with Gasteiger partial charge in [-0.2, -0.15) is 11.8 Å². The highest BCUT2D eigenvalue weighted by molar-refractivity contribution is 7.98. The van der Waals surface area contributed by atoms with Crippen molar-refractivity contribution in [2.45, 2.75) is 5.25 Å². The number of benzene rings is 1. The van der Waals surface area contributed by atoms with Gasteiger partial charge in [0.05, 0.1) is 6.26 Å². The zero-order valence-corrected chi connectivity index (χ0v) is 11.5. The highest BCUT2D eigenvalue weighted by atomic mass is 35.5. The summed E-state index contributed by atoms with van der Waals surface area (Å²) in [7, 11) is -3.14. The lowest BCUT2D eigenvalue weighted by atomic mass is 10.1. The molecule has 0 aliphatic carbocycles. The van der Waals surface area contributed by atoms with Crippen LogP contribution in [0.15, 0.2) is 24.3 Å². The second-order valence-corrected chi connectivity index (χ2v) is 6.71. The van der Waals surface area contributed by atoms with Crippen molar-refractivity contribution in [1.29, 1.82) is 0 Å². The molecule has 0 saturated carbocycles. The van der Waals surface area contributed by atoms with Gasteiger partial charge >= 0.3 is 0 Å². The van der Waals surface area contributed by atoms with Gasteiger partial charge < -0.3 is 0 Å². The van der Waals surface area contributed by atoms with Gasteiger partial charge in [0.25, 0.3) is 0 Å². The second-order valence-electron chi connectivity index (χ2n) is 3.40. The molecule has 1 N–H and O–H groups in total. The molecule has 90 valence electrons. The molecule has 0 aliphatic rings. The molecule has 1 rings (SSSR count). The summed E-state index contributed by atoms with van der Waals surface area (Å²) in [6, 6.07) is 7.46. The average molecular weight is 280 g/mol. The van der Waals surface area contributed by atoms with Crippen LogP contribution in [-0.2, 0) is 10.0 Å². The van der Waals surface area contributed by atoms with E-state index in [1.165, 1.54) is 0 Å². The second kappa shape index (κ2) is 5.91. The lowest BCUT2D eigenvalue weighted by molar-refractivity contribution is 0.587. The van der Waals surface area contributed by atoms with Crippen molar-refractivity contribution in [3.63, 3.8) is 0 Å². The number of sulfonamides is 1. The molecule has 0 radical (unpaired) electrons. The van der Waals surface area contributed by atoms with E-state index >= 15 is 0 Å².